The van der Waals surface area contributed by atoms with Gasteiger partial charge in [-0.05, 0) is 13.3 Å². The van der Waals surface area contributed by atoms with Crippen LogP contribution in [-0.2, 0) is 11.2 Å². The minimum atomic E-state index is -0.478. The van der Waals surface area contributed by atoms with Crippen molar-refractivity contribution >= 4 is 5.97 Å². The van der Waals surface area contributed by atoms with E-state index in [2.05, 4.69) is 19.9 Å². The zero-order valence-corrected chi connectivity index (χ0v) is 8.57. The number of aromatic nitrogens is 3. The van der Waals surface area contributed by atoms with Crippen molar-refractivity contribution in [2.75, 3.05) is 7.11 Å². The van der Waals surface area contributed by atoms with Crippen molar-refractivity contribution in [1.29, 1.82) is 0 Å². The molecule has 0 aromatic carbocycles. The van der Waals surface area contributed by atoms with Gasteiger partial charge in [-0.15, -0.1) is 10.2 Å². The molecule has 0 atom stereocenters. The highest BCUT2D eigenvalue weighted by molar-refractivity contribution is 5.88. The Morgan fingerprint density at radius 1 is 1.43 bits per heavy atom. The van der Waals surface area contributed by atoms with Crippen molar-refractivity contribution in [2.24, 2.45) is 0 Å². The van der Waals surface area contributed by atoms with Gasteiger partial charge in [0.15, 0.2) is 5.69 Å². The Morgan fingerprint density at radius 3 is 2.71 bits per heavy atom. The van der Waals surface area contributed by atoms with E-state index in [1.54, 1.807) is 6.92 Å². The number of methoxy groups -OCH3 is 1. The number of carbonyl (C=O) groups is 1. The van der Waals surface area contributed by atoms with Crippen molar-refractivity contribution in [3.05, 3.63) is 17.2 Å². The highest BCUT2D eigenvalue weighted by Crippen LogP contribution is 2.06. The molecule has 1 rings (SSSR count). The predicted molar refractivity (Wildman–Crippen MR) is 49.9 cm³/mol. The Hall–Kier alpha value is -1.52. The van der Waals surface area contributed by atoms with Gasteiger partial charge in [0.25, 0.3) is 0 Å². The van der Waals surface area contributed by atoms with Crippen LogP contribution in [-0.4, -0.2) is 28.3 Å². The number of hydrogen-bond acceptors (Lipinski definition) is 5. The molecule has 1 aromatic rings. The third-order valence-electron chi connectivity index (χ3n) is 1.73. The van der Waals surface area contributed by atoms with Crippen LogP contribution < -0.4 is 0 Å². The zero-order chi connectivity index (χ0) is 10.6. The molecular formula is C9H13N3O2. The third-order valence-corrected chi connectivity index (χ3v) is 1.73. The number of hydrogen-bond donors (Lipinski definition) is 0. The first-order valence-corrected chi connectivity index (χ1v) is 4.47. The second kappa shape index (κ2) is 4.64. The van der Waals surface area contributed by atoms with Crippen molar-refractivity contribution in [2.45, 2.75) is 26.7 Å². The summed E-state index contributed by atoms with van der Waals surface area (Å²) in [6.07, 6.45) is 1.61. The lowest BCUT2D eigenvalue weighted by Crippen LogP contribution is -2.13. The summed E-state index contributed by atoms with van der Waals surface area (Å²) in [5.74, 6) is 0.0922. The van der Waals surface area contributed by atoms with Gasteiger partial charge in [-0.2, -0.15) is 0 Å². The summed E-state index contributed by atoms with van der Waals surface area (Å²) >= 11 is 0. The fraction of sp³-hybridized carbons (Fsp3) is 0.556. The summed E-state index contributed by atoms with van der Waals surface area (Å²) in [5, 5.41) is 7.51. The van der Waals surface area contributed by atoms with E-state index >= 15 is 0 Å². The van der Waals surface area contributed by atoms with Gasteiger partial charge in [0.05, 0.1) is 12.8 Å². The number of ether oxygens (including phenoxy) is 1. The molecule has 0 spiro atoms. The molecule has 5 heteroatoms. The Labute approximate surface area is 82.5 Å². The maximum Gasteiger partial charge on any atom is 0.360 e. The monoisotopic (exact) mass is 195 g/mol. The Kier molecular flexibility index (Phi) is 3.50. The van der Waals surface area contributed by atoms with Crippen LogP contribution in [0, 0.1) is 6.92 Å². The summed E-state index contributed by atoms with van der Waals surface area (Å²) in [4.78, 5) is 15.4. The highest BCUT2D eigenvalue weighted by atomic mass is 16.5. The summed E-state index contributed by atoms with van der Waals surface area (Å²) in [7, 11) is 1.32. The molecule has 1 heterocycles. The second-order valence-electron chi connectivity index (χ2n) is 2.90. The van der Waals surface area contributed by atoms with Gasteiger partial charge >= 0.3 is 5.97 Å². The van der Waals surface area contributed by atoms with Gasteiger partial charge in [-0.1, -0.05) is 13.3 Å². The fourth-order valence-electron chi connectivity index (χ4n) is 1.12. The lowest BCUT2D eigenvalue weighted by molar-refractivity contribution is 0.0590. The average Bonchev–Trinajstić information content (AvgIpc) is 2.17. The van der Waals surface area contributed by atoms with Gasteiger partial charge in [-0.3, -0.25) is 0 Å². The molecule has 0 bridgehead atoms. The molecule has 0 fully saturated rings. The van der Waals surface area contributed by atoms with E-state index in [0.717, 1.165) is 6.42 Å². The van der Waals surface area contributed by atoms with Gasteiger partial charge in [-0.25, -0.2) is 9.78 Å². The first kappa shape index (κ1) is 10.6. The van der Waals surface area contributed by atoms with Crippen molar-refractivity contribution in [3.63, 3.8) is 0 Å². The van der Waals surface area contributed by atoms with E-state index in [1.807, 2.05) is 6.92 Å². The third kappa shape index (κ3) is 2.25. The average molecular weight is 195 g/mol. The number of carbonyl (C=O) groups excluding carboxylic acids is 1. The van der Waals surface area contributed by atoms with Crippen LogP contribution in [0.5, 0.6) is 0 Å². The maximum absolute atomic E-state index is 11.3. The van der Waals surface area contributed by atoms with E-state index in [1.165, 1.54) is 7.11 Å². The minimum absolute atomic E-state index is 0.222. The molecule has 0 unspecified atom stereocenters. The van der Waals surface area contributed by atoms with Crippen LogP contribution in [0.3, 0.4) is 0 Å². The summed E-state index contributed by atoms with van der Waals surface area (Å²) < 4.78 is 4.58. The number of nitrogens with zero attached hydrogens (tertiary/aromatic N) is 3. The number of rotatable bonds is 3. The van der Waals surface area contributed by atoms with Crippen molar-refractivity contribution in [1.82, 2.24) is 15.2 Å². The van der Waals surface area contributed by atoms with Crippen molar-refractivity contribution < 1.29 is 9.53 Å². The Bertz CT molecular complexity index is 339. The molecular weight excluding hydrogens is 182 g/mol. The van der Waals surface area contributed by atoms with E-state index in [9.17, 15) is 4.79 Å². The molecule has 5 nitrogen and oxygen atoms in total. The van der Waals surface area contributed by atoms with Crippen LogP contribution >= 0.6 is 0 Å². The summed E-state index contributed by atoms with van der Waals surface area (Å²) in [6, 6.07) is 0. The van der Waals surface area contributed by atoms with Gasteiger partial charge in [0.2, 0.25) is 0 Å². The highest BCUT2D eigenvalue weighted by Gasteiger charge is 2.15. The zero-order valence-electron chi connectivity index (χ0n) is 8.57. The molecule has 0 radical (unpaired) electrons. The SMILES string of the molecule is CCCc1nc(C)nnc1C(=O)OC. The lowest BCUT2D eigenvalue weighted by Gasteiger charge is -2.04. The molecule has 0 saturated heterocycles. The Balaban J connectivity index is 3.07. The first-order valence-electron chi connectivity index (χ1n) is 4.47. The number of aryl methyl sites for hydroxylation is 2. The summed E-state index contributed by atoms with van der Waals surface area (Å²) in [6.45, 7) is 3.76. The Morgan fingerprint density at radius 2 is 2.14 bits per heavy atom. The topological polar surface area (TPSA) is 65.0 Å². The molecule has 0 aliphatic heterocycles. The van der Waals surface area contributed by atoms with Crippen molar-refractivity contribution in [3.8, 4) is 0 Å². The van der Waals surface area contributed by atoms with Crippen LogP contribution in [0.4, 0.5) is 0 Å². The molecule has 0 aliphatic rings. The molecule has 0 saturated carbocycles. The fourth-order valence-corrected chi connectivity index (χ4v) is 1.12. The molecule has 14 heavy (non-hydrogen) atoms. The lowest BCUT2D eigenvalue weighted by atomic mass is 10.2. The maximum atomic E-state index is 11.3. The van der Waals surface area contributed by atoms with E-state index < -0.39 is 5.97 Å². The smallest absolute Gasteiger partial charge is 0.360 e. The van der Waals surface area contributed by atoms with E-state index in [4.69, 9.17) is 0 Å². The van der Waals surface area contributed by atoms with Gasteiger partial charge < -0.3 is 4.74 Å². The van der Waals surface area contributed by atoms with Crippen LogP contribution in [0.1, 0.15) is 35.4 Å². The molecule has 1 aromatic heterocycles. The predicted octanol–water partition coefficient (Wildman–Crippen LogP) is 0.919. The second-order valence-corrected chi connectivity index (χ2v) is 2.90. The van der Waals surface area contributed by atoms with Gasteiger partial charge in [0, 0.05) is 0 Å². The quantitative estimate of drug-likeness (QED) is 0.671. The van der Waals surface area contributed by atoms with Crippen LogP contribution in [0.15, 0.2) is 0 Å². The van der Waals surface area contributed by atoms with E-state index in [0.29, 0.717) is 17.9 Å². The first-order chi connectivity index (χ1) is 6.69. The minimum Gasteiger partial charge on any atom is -0.464 e. The van der Waals surface area contributed by atoms with E-state index in [-0.39, 0.29) is 5.69 Å². The largest absolute Gasteiger partial charge is 0.464 e. The number of esters is 1. The molecule has 0 amide bonds. The van der Waals surface area contributed by atoms with Crippen LogP contribution in [0.25, 0.3) is 0 Å². The summed E-state index contributed by atoms with van der Waals surface area (Å²) in [5.41, 5.74) is 0.881. The normalized spacial score (nSPS) is 9.93. The standard InChI is InChI=1S/C9H13N3O2/c1-4-5-7-8(9(13)14-3)12-11-6(2)10-7/h4-5H2,1-3H3. The molecule has 0 N–H and O–H groups in total. The van der Waals surface area contributed by atoms with Gasteiger partial charge in [0.1, 0.15) is 5.82 Å². The molecule has 76 valence electrons. The van der Waals surface area contributed by atoms with Crippen LogP contribution in [0.2, 0.25) is 0 Å². The molecule has 0 aliphatic carbocycles.